The Morgan fingerprint density at radius 3 is 2.36 bits per heavy atom. The summed E-state index contributed by atoms with van der Waals surface area (Å²) in [5.74, 6) is 0.284. The highest BCUT2D eigenvalue weighted by atomic mass is 28.4. The fraction of sp³-hybridized carbons (Fsp3) is 0.875. The van der Waals surface area contributed by atoms with Crippen LogP contribution < -0.4 is 0 Å². The number of hydrogen-bond acceptors (Lipinski definition) is 1. The second kappa shape index (κ2) is 4.50. The number of nitriles is 1. The Balaban J connectivity index is 3.80. The zero-order chi connectivity index (χ0) is 8.91. The second-order valence-electron chi connectivity index (χ2n) is 3.56. The van der Waals surface area contributed by atoms with Gasteiger partial charge in [-0.25, -0.2) is 0 Å². The van der Waals surface area contributed by atoms with Crippen LogP contribution in [0.15, 0.2) is 0 Å². The van der Waals surface area contributed by atoms with E-state index in [2.05, 4.69) is 6.07 Å². The van der Waals surface area contributed by atoms with Gasteiger partial charge in [-0.15, -0.1) is 0 Å². The van der Waals surface area contributed by atoms with Crippen molar-refractivity contribution in [2.45, 2.75) is 38.9 Å². The molecule has 0 heterocycles. The molecule has 64 valence electrons. The molecular formula is C8H16FNSi. The highest BCUT2D eigenvalue weighted by molar-refractivity contribution is 6.70. The van der Waals surface area contributed by atoms with E-state index in [4.69, 9.17) is 5.26 Å². The molecule has 11 heavy (non-hydrogen) atoms. The molecule has 1 unspecified atom stereocenters. The number of halogens is 1. The van der Waals surface area contributed by atoms with Crippen LogP contribution in [0.5, 0.6) is 0 Å². The molecule has 0 aromatic carbocycles. The molecule has 0 aliphatic carbocycles. The SMILES string of the molecule is CCC(CC#N)C[Si](C)(C)F. The largest absolute Gasteiger partial charge is 0.314 e. The van der Waals surface area contributed by atoms with E-state index in [9.17, 15) is 4.11 Å². The van der Waals surface area contributed by atoms with E-state index in [0.29, 0.717) is 12.5 Å². The van der Waals surface area contributed by atoms with Gasteiger partial charge in [0.2, 0.25) is 8.41 Å². The van der Waals surface area contributed by atoms with Gasteiger partial charge in [-0.3, -0.25) is 0 Å². The summed E-state index contributed by atoms with van der Waals surface area (Å²) >= 11 is 0. The quantitative estimate of drug-likeness (QED) is 0.473. The van der Waals surface area contributed by atoms with Crippen LogP contribution in [0, 0.1) is 17.2 Å². The minimum Gasteiger partial charge on any atom is -0.314 e. The molecule has 0 spiro atoms. The number of nitrogens with zero attached hydrogens (tertiary/aromatic N) is 1. The molecule has 0 rings (SSSR count). The average molecular weight is 173 g/mol. The molecule has 0 amide bonds. The highest BCUT2D eigenvalue weighted by Crippen LogP contribution is 2.22. The van der Waals surface area contributed by atoms with Crippen molar-refractivity contribution in [1.29, 1.82) is 5.26 Å². The average Bonchev–Trinajstić information content (AvgIpc) is 1.84. The normalized spacial score (nSPS) is 14.1. The molecule has 0 bridgehead atoms. The Morgan fingerprint density at radius 2 is 2.09 bits per heavy atom. The van der Waals surface area contributed by atoms with Gasteiger partial charge in [-0.2, -0.15) is 5.26 Å². The maximum absolute atomic E-state index is 13.2. The Kier molecular flexibility index (Phi) is 4.35. The molecular weight excluding hydrogens is 157 g/mol. The number of hydrogen-bond donors (Lipinski definition) is 0. The Morgan fingerprint density at radius 1 is 1.55 bits per heavy atom. The van der Waals surface area contributed by atoms with Crippen LogP contribution in [-0.2, 0) is 0 Å². The first-order valence-corrected chi connectivity index (χ1v) is 7.14. The smallest absolute Gasteiger partial charge is 0.241 e. The lowest BCUT2D eigenvalue weighted by atomic mass is 10.1. The van der Waals surface area contributed by atoms with Gasteiger partial charge in [0.15, 0.2) is 0 Å². The van der Waals surface area contributed by atoms with Crippen molar-refractivity contribution >= 4 is 8.41 Å². The zero-order valence-electron chi connectivity index (χ0n) is 7.52. The maximum Gasteiger partial charge on any atom is 0.241 e. The topological polar surface area (TPSA) is 23.8 Å². The van der Waals surface area contributed by atoms with Gasteiger partial charge in [-0.05, 0) is 25.1 Å². The van der Waals surface area contributed by atoms with Gasteiger partial charge in [0, 0.05) is 6.42 Å². The Hall–Kier alpha value is -0.363. The minimum absolute atomic E-state index is 0.284. The molecule has 0 aromatic heterocycles. The maximum atomic E-state index is 13.2. The zero-order valence-corrected chi connectivity index (χ0v) is 8.52. The highest BCUT2D eigenvalue weighted by Gasteiger charge is 2.24. The fourth-order valence-electron chi connectivity index (χ4n) is 1.18. The van der Waals surface area contributed by atoms with E-state index in [1.807, 2.05) is 6.92 Å². The second-order valence-corrected chi connectivity index (χ2v) is 7.40. The van der Waals surface area contributed by atoms with Crippen molar-refractivity contribution in [2.24, 2.45) is 5.92 Å². The van der Waals surface area contributed by atoms with E-state index >= 15 is 0 Å². The van der Waals surface area contributed by atoms with Crippen molar-refractivity contribution in [2.75, 3.05) is 0 Å². The van der Waals surface area contributed by atoms with Crippen LogP contribution in [0.4, 0.5) is 4.11 Å². The third-order valence-corrected chi connectivity index (χ3v) is 3.28. The van der Waals surface area contributed by atoms with Crippen LogP contribution in [0.1, 0.15) is 19.8 Å². The van der Waals surface area contributed by atoms with E-state index in [1.165, 1.54) is 0 Å². The van der Waals surface area contributed by atoms with Crippen LogP contribution in [0.3, 0.4) is 0 Å². The summed E-state index contributed by atoms with van der Waals surface area (Å²) in [5.41, 5.74) is 0. The first-order chi connectivity index (χ1) is 4.99. The molecule has 0 aliphatic rings. The van der Waals surface area contributed by atoms with Gasteiger partial charge >= 0.3 is 0 Å². The summed E-state index contributed by atoms with van der Waals surface area (Å²) in [4.78, 5) is 0. The van der Waals surface area contributed by atoms with Crippen LogP contribution in [0.2, 0.25) is 19.1 Å². The minimum atomic E-state index is -2.43. The molecule has 0 fully saturated rings. The van der Waals surface area contributed by atoms with E-state index < -0.39 is 8.41 Å². The van der Waals surface area contributed by atoms with Crippen molar-refractivity contribution in [3.8, 4) is 6.07 Å². The summed E-state index contributed by atoms with van der Waals surface area (Å²) in [6.45, 7) is 5.42. The Bertz CT molecular complexity index is 145. The molecule has 1 nitrogen and oxygen atoms in total. The van der Waals surface area contributed by atoms with E-state index in [-0.39, 0.29) is 5.92 Å². The standard InChI is InChI=1S/C8H16FNSi/c1-4-8(5-6-10)7-11(2,3)9/h8H,4-5,7H2,1-3H3. The molecule has 0 aromatic rings. The molecule has 3 heteroatoms. The predicted molar refractivity (Wildman–Crippen MR) is 47.4 cm³/mol. The van der Waals surface area contributed by atoms with Gasteiger partial charge in [0.1, 0.15) is 0 Å². The molecule has 0 aliphatic heterocycles. The van der Waals surface area contributed by atoms with Gasteiger partial charge in [0.25, 0.3) is 0 Å². The van der Waals surface area contributed by atoms with Crippen LogP contribution in [0.25, 0.3) is 0 Å². The molecule has 0 saturated carbocycles. The lowest BCUT2D eigenvalue weighted by Crippen LogP contribution is -2.22. The summed E-state index contributed by atoms with van der Waals surface area (Å²) in [5, 5.41) is 8.41. The van der Waals surface area contributed by atoms with Gasteiger partial charge in [-0.1, -0.05) is 13.3 Å². The van der Waals surface area contributed by atoms with E-state index in [0.717, 1.165) is 6.42 Å². The van der Waals surface area contributed by atoms with Gasteiger partial charge < -0.3 is 4.11 Å². The van der Waals surface area contributed by atoms with Crippen molar-refractivity contribution < 1.29 is 4.11 Å². The summed E-state index contributed by atoms with van der Waals surface area (Å²) in [6.07, 6.45) is 1.44. The summed E-state index contributed by atoms with van der Waals surface area (Å²) in [6, 6.07) is 2.73. The third-order valence-electron chi connectivity index (χ3n) is 1.73. The lowest BCUT2D eigenvalue weighted by molar-refractivity contribution is 0.551. The van der Waals surface area contributed by atoms with Crippen molar-refractivity contribution in [3.63, 3.8) is 0 Å². The molecule has 1 atom stereocenters. The lowest BCUT2D eigenvalue weighted by Gasteiger charge is -2.16. The van der Waals surface area contributed by atoms with E-state index in [1.54, 1.807) is 13.1 Å². The molecule has 0 saturated heterocycles. The molecule has 0 radical (unpaired) electrons. The van der Waals surface area contributed by atoms with Crippen LogP contribution in [-0.4, -0.2) is 8.41 Å². The van der Waals surface area contributed by atoms with Crippen molar-refractivity contribution in [3.05, 3.63) is 0 Å². The summed E-state index contributed by atoms with van der Waals surface area (Å²) < 4.78 is 13.2. The Labute approximate surface area is 69.4 Å². The predicted octanol–water partition coefficient (Wildman–Crippen LogP) is 3.10. The first kappa shape index (κ1) is 10.6. The van der Waals surface area contributed by atoms with Crippen molar-refractivity contribution in [1.82, 2.24) is 0 Å². The monoisotopic (exact) mass is 173 g/mol. The summed E-state index contributed by atoms with van der Waals surface area (Å²) in [7, 11) is -2.43. The number of rotatable bonds is 4. The first-order valence-electron chi connectivity index (χ1n) is 4.05. The van der Waals surface area contributed by atoms with Crippen LogP contribution >= 0.6 is 0 Å². The molecule has 0 N–H and O–H groups in total. The third kappa shape index (κ3) is 6.05. The fourth-order valence-corrected chi connectivity index (χ4v) is 2.98. The van der Waals surface area contributed by atoms with Gasteiger partial charge in [0.05, 0.1) is 6.07 Å².